The van der Waals surface area contributed by atoms with Crippen LogP contribution in [0.4, 0.5) is 13.2 Å². The summed E-state index contributed by atoms with van der Waals surface area (Å²) >= 11 is 1.25. The van der Waals surface area contributed by atoms with E-state index in [2.05, 4.69) is 0 Å². The van der Waals surface area contributed by atoms with E-state index < -0.39 is 15.2 Å². The maximum absolute atomic E-state index is 12.3. The van der Waals surface area contributed by atoms with Crippen LogP contribution in [0.2, 0.25) is 0 Å². The minimum Gasteiger partial charge on any atom is -0.275 e. The highest BCUT2D eigenvalue weighted by atomic mass is 127. The average Bonchev–Trinajstić information content (AvgIpc) is 3.03. The van der Waals surface area contributed by atoms with Gasteiger partial charge < -0.3 is 0 Å². The van der Waals surface area contributed by atoms with Crippen molar-refractivity contribution >= 4 is 28.5 Å². The largest absolute Gasteiger partial charge is 0.421 e. The number of hydrogen-bond donors (Lipinski definition) is 0. The number of nitrogens with zero attached hydrogens (tertiary/aromatic N) is 1. The van der Waals surface area contributed by atoms with Crippen molar-refractivity contribution in [1.29, 1.82) is 0 Å². The molecule has 0 aromatic carbocycles. The van der Waals surface area contributed by atoms with Gasteiger partial charge in [0.25, 0.3) is 5.91 Å². The second-order valence-corrected chi connectivity index (χ2v) is 5.18. The molecule has 1 saturated carbocycles. The summed E-state index contributed by atoms with van der Waals surface area (Å²) in [5.41, 5.74) is -0.688. The molecule has 0 aliphatic heterocycles. The van der Waals surface area contributed by atoms with Crippen LogP contribution in [-0.2, 0) is 9.63 Å². The predicted molar refractivity (Wildman–Crippen MR) is 64.2 cm³/mol. The Morgan fingerprint density at radius 2 is 2.06 bits per heavy atom. The van der Waals surface area contributed by atoms with Gasteiger partial charge >= 0.3 is 6.18 Å². The Labute approximate surface area is 111 Å². The van der Waals surface area contributed by atoms with Gasteiger partial charge in [0.05, 0.1) is 16.1 Å². The molecule has 0 aromatic heterocycles. The van der Waals surface area contributed by atoms with E-state index in [1.807, 2.05) is 0 Å². The lowest BCUT2D eigenvalue weighted by molar-refractivity contribution is -0.175. The van der Waals surface area contributed by atoms with Gasteiger partial charge in [0.2, 0.25) is 0 Å². The Hall–Kier alpha value is -0.310. The fourth-order valence-electron chi connectivity index (χ4n) is 1.47. The van der Waals surface area contributed by atoms with Crippen LogP contribution in [-0.4, -0.2) is 31.3 Å². The molecule has 0 aromatic rings. The van der Waals surface area contributed by atoms with Gasteiger partial charge in [0, 0.05) is 7.05 Å². The lowest BCUT2D eigenvalue weighted by atomic mass is 10.0. The molecule has 0 unspecified atom stereocenters. The van der Waals surface area contributed by atoms with Crippen LogP contribution in [0.3, 0.4) is 0 Å². The van der Waals surface area contributed by atoms with Crippen molar-refractivity contribution in [2.45, 2.75) is 25.4 Å². The van der Waals surface area contributed by atoms with Crippen LogP contribution < -0.4 is 0 Å². The first kappa shape index (κ1) is 14.7. The molecule has 0 radical (unpaired) electrons. The third-order valence-electron chi connectivity index (χ3n) is 2.81. The maximum atomic E-state index is 12.3. The lowest BCUT2D eigenvalue weighted by Crippen LogP contribution is -2.33. The summed E-state index contributed by atoms with van der Waals surface area (Å²) in [6.45, 7) is 0. The van der Waals surface area contributed by atoms with Crippen LogP contribution in [0.1, 0.15) is 19.3 Å². The van der Waals surface area contributed by atoms with Gasteiger partial charge in [-0.1, -0.05) is 6.08 Å². The summed E-state index contributed by atoms with van der Waals surface area (Å²) in [4.78, 5) is 16.6. The molecular formula is C10H13F3INO2. The summed E-state index contributed by atoms with van der Waals surface area (Å²) in [6.07, 6.45) is -1.92. The van der Waals surface area contributed by atoms with Crippen LogP contribution in [0.5, 0.6) is 0 Å². The van der Waals surface area contributed by atoms with Crippen molar-refractivity contribution in [3.63, 3.8) is 0 Å². The van der Waals surface area contributed by atoms with E-state index in [1.54, 1.807) is 0 Å². The first-order chi connectivity index (χ1) is 7.73. The van der Waals surface area contributed by atoms with E-state index in [4.69, 9.17) is 4.84 Å². The number of alkyl halides is 3. The van der Waals surface area contributed by atoms with E-state index in [0.29, 0.717) is 12.8 Å². The van der Waals surface area contributed by atoms with Gasteiger partial charge in [-0.3, -0.25) is 9.63 Å². The topological polar surface area (TPSA) is 29.5 Å². The maximum Gasteiger partial charge on any atom is 0.421 e. The molecule has 1 fully saturated rings. The highest BCUT2D eigenvalue weighted by Crippen LogP contribution is 2.51. The van der Waals surface area contributed by atoms with Gasteiger partial charge in [-0.2, -0.15) is 13.2 Å². The molecule has 0 atom stereocenters. The molecule has 7 heteroatoms. The molecule has 0 N–H and O–H groups in total. The van der Waals surface area contributed by atoms with Crippen LogP contribution in [0.15, 0.2) is 9.66 Å². The molecule has 98 valence electrons. The number of hydroxylamine groups is 2. The highest BCUT2D eigenvalue weighted by Gasteiger charge is 2.51. The molecule has 17 heavy (non-hydrogen) atoms. The Bertz CT molecular complexity index is 337. The molecule has 3 nitrogen and oxygen atoms in total. The molecule has 0 bridgehead atoms. The van der Waals surface area contributed by atoms with E-state index >= 15 is 0 Å². The normalized spacial score (nSPS) is 19.1. The Kier molecular flexibility index (Phi) is 4.45. The van der Waals surface area contributed by atoms with Crippen LogP contribution in [0.25, 0.3) is 0 Å². The van der Waals surface area contributed by atoms with E-state index in [0.717, 1.165) is 11.1 Å². The Morgan fingerprint density at radius 1 is 1.53 bits per heavy atom. The predicted octanol–water partition coefficient (Wildman–Crippen LogP) is 3.06. The minimum absolute atomic E-state index is 0.108. The summed E-state index contributed by atoms with van der Waals surface area (Å²) in [6, 6.07) is 0. The zero-order chi connectivity index (χ0) is 13.3. The smallest absolute Gasteiger partial charge is 0.275 e. The van der Waals surface area contributed by atoms with Crippen molar-refractivity contribution in [3.05, 3.63) is 9.66 Å². The molecule has 0 saturated heterocycles. The molecule has 1 aliphatic carbocycles. The number of amides is 1. The fourth-order valence-corrected chi connectivity index (χ4v) is 1.69. The molecule has 1 amide bonds. The highest BCUT2D eigenvalue weighted by molar-refractivity contribution is 14.1. The van der Waals surface area contributed by atoms with Gasteiger partial charge in [-0.15, -0.1) is 0 Å². The first-order valence-electron chi connectivity index (χ1n) is 4.98. The average molecular weight is 363 g/mol. The minimum atomic E-state index is -4.33. The SMILES string of the molecule is CON(C)C(=O)C1(C/C=C(\I)C(F)(F)F)CC1. The van der Waals surface area contributed by atoms with E-state index in [1.165, 1.54) is 36.7 Å². The van der Waals surface area contributed by atoms with E-state index in [9.17, 15) is 18.0 Å². The van der Waals surface area contributed by atoms with Crippen molar-refractivity contribution in [2.24, 2.45) is 5.41 Å². The first-order valence-corrected chi connectivity index (χ1v) is 6.06. The number of rotatable bonds is 4. The van der Waals surface area contributed by atoms with E-state index in [-0.39, 0.29) is 12.3 Å². The summed E-state index contributed by atoms with van der Waals surface area (Å²) in [7, 11) is 2.81. The van der Waals surface area contributed by atoms with Crippen molar-refractivity contribution < 1.29 is 22.8 Å². The lowest BCUT2D eigenvalue weighted by Gasteiger charge is -2.20. The third kappa shape index (κ3) is 3.57. The van der Waals surface area contributed by atoms with Gasteiger partial charge in [0.15, 0.2) is 0 Å². The number of carbonyl (C=O) groups excluding carboxylic acids is 1. The second-order valence-electron chi connectivity index (χ2n) is 4.02. The fraction of sp³-hybridized carbons (Fsp3) is 0.700. The monoisotopic (exact) mass is 363 g/mol. The standard InChI is InChI=1S/C10H13F3INO2/c1-15(17-2)8(16)9(5-6-9)4-3-7(14)10(11,12)13/h3H,4-6H2,1-2H3/b7-3-. The van der Waals surface area contributed by atoms with Crippen LogP contribution >= 0.6 is 22.6 Å². The van der Waals surface area contributed by atoms with Gasteiger partial charge in [0.1, 0.15) is 0 Å². The van der Waals surface area contributed by atoms with Crippen molar-refractivity contribution in [3.8, 4) is 0 Å². The quantitative estimate of drug-likeness (QED) is 0.568. The van der Waals surface area contributed by atoms with Crippen molar-refractivity contribution in [1.82, 2.24) is 5.06 Å². The summed E-state index contributed by atoms with van der Waals surface area (Å²) in [5.74, 6) is -0.261. The number of allylic oxidation sites excluding steroid dienone is 2. The number of halogens is 4. The second kappa shape index (κ2) is 5.13. The Balaban J connectivity index is 2.67. The molecular weight excluding hydrogens is 350 g/mol. The zero-order valence-corrected chi connectivity index (χ0v) is 11.6. The number of carbonyl (C=O) groups is 1. The molecule has 1 rings (SSSR count). The third-order valence-corrected chi connectivity index (χ3v) is 3.86. The molecule has 0 spiro atoms. The van der Waals surface area contributed by atoms with Crippen molar-refractivity contribution in [2.75, 3.05) is 14.2 Å². The van der Waals surface area contributed by atoms with Gasteiger partial charge in [-0.25, -0.2) is 5.06 Å². The molecule has 0 heterocycles. The number of hydrogen-bond acceptors (Lipinski definition) is 2. The van der Waals surface area contributed by atoms with Crippen LogP contribution in [0, 0.1) is 5.41 Å². The summed E-state index contributed by atoms with van der Waals surface area (Å²) < 4.78 is 36.1. The molecule has 1 aliphatic rings. The Morgan fingerprint density at radius 3 is 2.41 bits per heavy atom. The van der Waals surface area contributed by atoms with Gasteiger partial charge in [-0.05, 0) is 41.9 Å². The summed E-state index contributed by atoms with van der Waals surface area (Å²) in [5, 5.41) is 1.07. The zero-order valence-electron chi connectivity index (χ0n) is 9.47.